The first kappa shape index (κ1) is 23.6. The zero-order valence-electron chi connectivity index (χ0n) is 16.0. The molecule has 0 aliphatic carbocycles. The lowest BCUT2D eigenvalue weighted by Gasteiger charge is -2.24. The summed E-state index contributed by atoms with van der Waals surface area (Å²) in [5, 5.41) is 10.5. The van der Waals surface area contributed by atoms with Crippen molar-refractivity contribution in [2.45, 2.75) is 19.3 Å². The maximum Gasteiger partial charge on any atom is 0.416 e. The summed E-state index contributed by atoms with van der Waals surface area (Å²) in [5.74, 6) is -2.56. The molecule has 0 aliphatic rings. The van der Waals surface area contributed by atoms with E-state index in [2.05, 4.69) is 4.98 Å². The average Bonchev–Trinajstić information content (AvgIpc) is 2.70. The highest BCUT2D eigenvalue weighted by atomic mass is 35.5. The Hall–Kier alpha value is -3.04. The number of hydrogen-bond acceptors (Lipinski definition) is 3. The van der Waals surface area contributed by atoms with Crippen LogP contribution in [0.3, 0.4) is 0 Å². The van der Waals surface area contributed by atoms with Crippen LogP contribution in [-0.4, -0.2) is 20.9 Å². The second kappa shape index (κ2) is 9.22. The Morgan fingerprint density at radius 3 is 2.34 bits per heavy atom. The van der Waals surface area contributed by atoms with E-state index in [4.69, 9.17) is 23.2 Å². The van der Waals surface area contributed by atoms with Gasteiger partial charge in [0.15, 0.2) is 0 Å². The first-order valence-electron chi connectivity index (χ1n) is 8.96. The molecule has 1 amide bonds. The van der Waals surface area contributed by atoms with Crippen molar-refractivity contribution in [1.82, 2.24) is 9.88 Å². The molecule has 3 rings (SSSR count). The fraction of sp³-hybridized carbons (Fsp3) is 0.143. The van der Waals surface area contributed by atoms with Gasteiger partial charge in [-0.3, -0.25) is 9.59 Å². The van der Waals surface area contributed by atoms with E-state index in [1.54, 1.807) is 6.07 Å². The minimum atomic E-state index is -4.73. The van der Waals surface area contributed by atoms with Crippen LogP contribution in [0.1, 0.15) is 27.0 Å². The lowest BCUT2D eigenvalue weighted by atomic mass is 10.1. The van der Waals surface area contributed by atoms with Crippen molar-refractivity contribution in [3.05, 3.63) is 97.1 Å². The molecular weight excluding hydrogens is 475 g/mol. The van der Waals surface area contributed by atoms with Gasteiger partial charge in [-0.25, -0.2) is 4.39 Å². The van der Waals surface area contributed by atoms with Gasteiger partial charge in [0.2, 0.25) is 0 Å². The van der Waals surface area contributed by atoms with Crippen LogP contribution in [-0.2, 0) is 19.3 Å². The number of rotatable bonds is 5. The minimum Gasteiger partial charge on any atom is -0.507 e. The standard InChI is InChI=1S/C21H14Cl2F4N2O3/c22-15-4-1-11(5-16(15)23)9-29(20(32)14-8-28-19(31)7-18(14)30)10-12-2-3-13(6-17(12)24)21(25,26)27/h1-8H,9-10H2,(H2,28,30,31). The van der Waals surface area contributed by atoms with Crippen molar-refractivity contribution in [3.8, 4) is 5.75 Å². The van der Waals surface area contributed by atoms with Crippen LogP contribution in [0.5, 0.6) is 5.75 Å². The summed E-state index contributed by atoms with van der Waals surface area (Å²) >= 11 is 11.9. The second-order valence-electron chi connectivity index (χ2n) is 6.81. The number of aromatic nitrogens is 1. The predicted molar refractivity (Wildman–Crippen MR) is 110 cm³/mol. The van der Waals surface area contributed by atoms with E-state index in [1.165, 1.54) is 12.1 Å². The van der Waals surface area contributed by atoms with Gasteiger partial charge in [0.1, 0.15) is 11.6 Å². The molecule has 0 atom stereocenters. The summed E-state index contributed by atoms with van der Waals surface area (Å²) in [6.07, 6.45) is -3.73. The zero-order chi connectivity index (χ0) is 23.6. The Morgan fingerprint density at radius 2 is 1.75 bits per heavy atom. The number of benzene rings is 2. The molecule has 0 aliphatic heterocycles. The van der Waals surface area contributed by atoms with E-state index in [9.17, 15) is 32.3 Å². The fourth-order valence-electron chi connectivity index (χ4n) is 2.92. The Morgan fingerprint density at radius 1 is 1.03 bits per heavy atom. The quantitative estimate of drug-likeness (QED) is 0.473. The fourth-order valence-corrected chi connectivity index (χ4v) is 3.24. The number of hydrogen-bond donors (Lipinski definition) is 2. The van der Waals surface area contributed by atoms with Crippen LogP contribution in [0.2, 0.25) is 10.0 Å². The van der Waals surface area contributed by atoms with E-state index in [0.29, 0.717) is 17.7 Å². The van der Waals surface area contributed by atoms with Gasteiger partial charge < -0.3 is 15.0 Å². The number of aromatic amines is 1. The molecule has 0 spiro atoms. The smallest absolute Gasteiger partial charge is 0.416 e. The van der Waals surface area contributed by atoms with E-state index in [0.717, 1.165) is 23.2 Å². The molecule has 2 aromatic carbocycles. The Kier molecular flexibility index (Phi) is 6.80. The van der Waals surface area contributed by atoms with Gasteiger partial charge in [0, 0.05) is 30.9 Å². The van der Waals surface area contributed by atoms with Crippen molar-refractivity contribution < 1.29 is 27.5 Å². The van der Waals surface area contributed by atoms with E-state index < -0.39 is 41.3 Å². The number of nitrogens with one attached hydrogen (secondary N) is 1. The molecule has 168 valence electrons. The van der Waals surface area contributed by atoms with Crippen LogP contribution in [0.15, 0.2) is 53.5 Å². The van der Waals surface area contributed by atoms with E-state index >= 15 is 0 Å². The zero-order valence-corrected chi connectivity index (χ0v) is 17.5. The topological polar surface area (TPSA) is 73.4 Å². The number of carbonyl (C=O) groups is 1. The van der Waals surface area contributed by atoms with Gasteiger partial charge in [-0.1, -0.05) is 35.3 Å². The third-order valence-corrected chi connectivity index (χ3v) is 5.26. The molecule has 11 heteroatoms. The van der Waals surface area contributed by atoms with Crippen molar-refractivity contribution in [2.75, 3.05) is 0 Å². The maximum absolute atomic E-state index is 14.4. The third kappa shape index (κ3) is 5.41. The third-order valence-electron chi connectivity index (χ3n) is 4.52. The van der Waals surface area contributed by atoms with Gasteiger partial charge >= 0.3 is 6.18 Å². The molecule has 0 radical (unpaired) electrons. The summed E-state index contributed by atoms with van der Waals surface area (Å²) in [7, 11) is 0. The maximum atomic E-state index is 14.4. The van der Waals surface area contributed by atoms with Gasteiger partial charge in [-0.15, -0.1) is 0 Å². The van der Waals surface area contributed by atoms with Gasteiger partial charge in [-0.2, -0.15) is 13.2 Å². The number of aromatic hydroxyl groups is 1. The first-order valence-corrected chi connectivity index (χ1v) is 9.72. The van der Waals surface area contributed by atoms with Crippen LogP contribution < -0.4 is 5.56 Å². The van der Waals surface area contributed by atoms with Gasteiger partial charge in [-0.05, 0) is 29.8 Å². The van der Waals surface area contributed by atoms with Gasteiger partial charge in [0.25, 0.3) is 11.5 Å². The summed E-state index contributed by atoms with van der Waals surface area (Å²) < 4.78 is 52.9. The first-order chi connectivity index (χ1) is 15.0. The van der Waals surface area contributed by atoms with Crippen LogP contribution >= 0.6 is 23.2 Å². The molecule has 1 heterocycles. The normalized spacial score (nSPS) is 11.4. The number of pyridine rings is 1. The predicted octanol–water partition coefficient (Wildman–Crippen LogP) is 5.39. The molecule has 0 saturated carbocycles. The Bertz CT molecular complexity index is 1230. The number of amides is 1. The highest BCUT2D eigenvalue weighted by molar-refractivity contribution is 6.42. The monoisotopic (exact) mass is 488 g/mol. The number of halogens is 6. The summed E-state index contributed by atoms with van der Waals surface area (Å²) in [6.45, 7) is -0.573. The number of carbonyl (C=O) groups excluding carboxylic acids is 1. The van der Waals surface area contributed by atoms with Crippen LogP contribution in [0.25, 0.3) is 0 Å². The second-order valence-corrected chi connectivity index (χ2v) is 7.62. The van der Waals surface area contributed by atoms with Crippen molar-refractivity contribution in [3.63, 3.8) is 0 Å². The minimum absolute atomic E-state index is 0.144. The number of H-pyrrole nitrogens is 1. The van der Waals surface area contributed by atoms with Crippen LogP contribution in [0.4, 0.5) is 17.6 Å². The Balaban J connectivity index is 1.99. The molecular formula is C21H14Cl2F4N2O3. The van der Waals surface area contributed by atoms with Crippen molar-refractivity contribution >= 4 is 29.1 Å². The van der Waals surface area contributed by atoms with Crippen LogP contribution in [0, 0.1) is 5.82 Å². The molecule has 1 aromatic heterocycles. The lowest BCUT2D eigenvalue weighted by Crippen LogP contribution is -2.31. The molecule has 2 N–H and O–H groups in total. The summed E-state index contributed by atoms with van der Waals surface area (Å²) in [4.78, 5) is 27.7. The van der Waals surface area contributed by atoms with Crippen molar-refractivity contribution in [1.29, 1.82) is 0 Å². The van der Waals surface area contributed by atoms with E-state index in [-0.39, 0.29) is 27.7 Å². The SMILES string of the molecule is O=C(c1c[nH]c(=O)cc1O)N(Cc1ccc(Cl)c(Cl)c1)Cc1ccc(C(F)(F)F)cc1F. The average molecular weight is 489 g/mol. The summed E-state index contributed by atoms with van der Waals surface area (Å²) in [5.41, 5.74) is -1.79. The van der Waals surface area contributed by atoms with E-state index in [1.807, 2.05) is 0 Å². The summed E-state index contributed by atoms with van der Waals surface area (Å²) in [6, 6.07) is 7.29. The molecule has 5 nitrogen and oxygen atoms in total. The Labute approximate surface area is 188 Å². The van der Waals surface area contributed by atoms with Gasteiger partial charge in [0.05, 0.1) is 21.2 Å². The lowest BCUT2D eigenvalue weighted by molar-refractivity contribution is -0.137. The molecule has 0 saturated heterocycles. The highest BCUT2D eigenvalue weighted by Gasteiger charge is 2.31. The molecule has 0 bridgehead atoms. The number of nitrogens with zero attached hydrogens (tertiary/aromatic N) is 1. The number of alkyl halides is 3. The molecule has 3 aromatic rings. The highest BCUT2D eigenvalue weighted by Crippen LogP contribution is 2.31. The largest absolute Gasteiger partial charge is 0.507 e. The molecule has 32 heavy (non-hydrogen) atoms. The molecule has 0 fully saturated rings. The molecule has 0 unspecified atom stereocenters. The van der Waals surface area contributed by atoms with Crippen molar-refractivity contribution in [2.24, 2.45) is 0 Å².